The Hall–Kier alpha value is -1.72. The van der Waals surface area contributed by atoms with E-state index in [0.717, 1.165) is 5.56 Å². The largest absolute Gasteiger partial charge is 1.00 e. The number of aliphatic hydroxyl groups excluding tert-OH is 1. The summed E-state index contributed by atoms with van der Waals surface area (Å²) in [6, 6.07) is 6.04. The molecule has 2 aliphatic heterocycles. The molecule has 388 valence electrons. The average molecular weight is 994 g/mol. The van der Waals surface area contributed by atoms with E-state index in [1.54, 1.807) is 46.8 Å². The van der Waals surface area contributed by atoms with Gasteiger partial charge in [0.05, 0.1) is 75.3 Å². The van der Waals surface area contributed by atoms with E-state index in [9.17, 15) is 27.5 Å². The van der Waals surface area contributed by atoms with E-state index in [0.29, 0.717) is 26.1 Å². The fourth-order valence-corrected chi connectivity index (χ4v) is 7.96. The first-order chi connectivity index (χ1) is 30.0. The number of amides is 2. The monoisotopic (exact) mass is 994 g/mol. The van der Waals surface area contributed by atoms with Crippen LogP contribution in [0.1, 0.15) is 139 Å². The smallest absolute Gasteiger partial charge is 1.00 e. The summed E-state index contributed by atoms with van der Waals surface area (Å²) >= 11 is 0. The Morgan fingerprint density at radius 1 is 0.716 bits per heavy atom. The number of halogens is 1. The van der Waals surface area contributed by atoms with Crippen molar-refractivity contribution in [2.45, 2.75) is 226 Å². The number of ether oxygens (including phenoxy) is 9. The number of carbonyl (C=O) groups is 2. The second kappa shape index (κ2) is 26.6. The summed E-state index contributed by atoms with van der Waals surface area (Å²) in [6.07, 6.45) is -1.94. The number of aliphatic hydroxyl groups is 1. The van der Waals surface area contributed by atoms with E-state index in [2.05, 4.69) is 10.6 Å². The minimum absolute atomic E-state index is 0. The van der Waals surface area contributed by atoms with Gasteiger partial charge in [0, 0.05) is 0 Å². The topological polar surface area (TPSA) is 205 Å². The van der Waals surface area contributed by atoms with Gasteiger partial charge < -0.3 is 59.8 Å². The van der Waals surface area contributed by atoms with Crippen LogP contribution in [0.25, 0.3) is 0 Å². The molecule has 20 heteroatoms. The molecule has 0 spiro atoms. The van der Waals surface area contributed by atoms with Crippen molar-refractivity contribution < 1.29 is 107 Å². The summed E-state index contributed by atoms with van der Waals surface area (Å²) in [6.45, 7) is 33.1. The van der Waals surface area contributed by atoms with Crippen LogP contribution in [0.3, 0.4) is 0 Å². The molecule has 0 unspecified atom stereocenters. The van der Waals surface area contributed by atoms with Crippen LogP contribution in [0.4, 0.5) is 14.0 Å². The van der Waals surface area contributed by atoms with Gasteiger partial charge in [0.1, 0.15) is 35.6 Å². The van der Waals surface area contributed by atoms with E-state index in [1.807, 2.05) is 83.1 Å². The van der Waals surface area contributed by atoms with E-state index < -0.39 is 64.4 Å². The zero-order chi connectivity index (χ0) is 50.7. The fourth-order valence-electron chi connectivity index (χ4n) is 7.06. The number of fused-ring (bicyclic) bond motifs is 2. The van der Waals surface area contributed by atoms with Crippen molar-refractivity contribution in [3.8, 4) is 0 Å². The Morgan fingerprint density at radius 3 is 1.54 bits per heavy atom. The molecule has 1 aromatic carbocycles. The molecule has 8 atom stereocenters. The van der Waals surface area contributed by atoms with Gasteiger partial charge in [-0.15, -0.1) is 0 Å². The Balaban J connectivity index is 0. The molecule has 0 radical (unpaired) electrons. The molecule has 2 amide bonds. The van der Waals surface area contributed by atoms with Gasteiger partial charge in [-0.1, -0.05) is 25.1 Å². The molecule has 2 saturated heterocycles. The van der Waals surface area contributed by atoms with Crippen molar-refractivity contribution in [1.29, 1.82) is 0 Å². The Bertz CT molecular complexity index is 1770. The number of alkyl carbamates (subject to hydrolysis) is 2. The molecule has 17 nitrogen and oxygen atoms in total. The van der Waals surface area contributed by atoms with Gasteiger partial charge in [0.25, 0.3) is 10.1 Å². The predicted octanol–water partition coefficient (Wildman–Crippen LogP) is 5.02. The normalized spacial score (nSPS) is 26.2. The van der Waals surface area contributed by atoms with E-state index in [-0.39, 0.29) is 104 Å². The van der Waals surface area contributed by atoms with Crippen molar-refractivity contribution >= 4 is 22.3 Å². The second-order valence-corrected chi connectivity index (χ2v) is 22.7. The number of benzene rings is 1. The van der Waals surface area contributed by atoms with Crippen LogP contribution in [0.2, 0.25) is 0 Å². The SMILES string of the molecule is C.CC(C)(C)OC(=O)N[C@@H]1C[C@H](O)[C@H]2OC(C)(C)O[C@H]21.CC(C)(C)OCCO[C@H]1C[C@@H](NC(=O)OC(C)(C)C)[C@@H]2OC(C)(C)O[C@@H]21.Cc1ccc(S(=O)(=O)OCCOC(C)(C)C)cc1.[2H]CF.[H-].[Na+]. The first kappa shape index (κ1) is 63.3. The van der Waals surface area contributed by atoms with Crippen LogP contribution in [0.5, 0.6) is 0 Å². The summed E-state index contributed by atoms with van der Waals surface area (Å²) in [7, 11) is -4.67. The van der Waals surface area contributed by atoms with Gasteiger partial charge in [-0.25, -0.2) is 9.59 Å². The number of nitrogens with one attached hydrogen (secondary N) is 2. The third-order valence-electron chi connectivity index (χ3n) is 9.37. The second-order valence-electron chi connectivity index (χ2n) is 21.1. The van der Waals surface area contributed by atoms with Crippen LogP contribution < -0.4 is 40.2 Å². The maximum absolute atomic E-state index is 12.2. The minimum Gasteiger partial charge on any atom is -1.00 e. The number of rotatable bonds is 11. The van der Waals surface area contributed by atoms with Gasteiger partial charge in [-0.3, -0.25) is 8.57 Å². The molecular weight excluding hydrogens is 907 g/mol. The summed E-state index contributed by atoms with van der Waals surface area (Å²) in [5.74, 6) is -1.43. The first-order valence-electron chi connectivity index (χ1n) is 22.8. The molecule has 0 bridgehead atoms. The Kier molecular flexibility index (Phi) is 25.2. The minimum atomic E-state index is -3.67. The van der Waals surface area contributed by atoms with Crippen LogP contribution in [-0.2, 0) is 56.9 Å². The number of alkyl halides is 1. The van der Waals surface area contributed by atoms with Crippen molar-refractivity contribution in [2.75, 3.05) is 33.6 Å². The molecule has 3 N–H and O–H groups in total. The van der Waals surface area contributed by atoms with Gasteiger partial charge in [0.15, 0.2) is 11.6 Å². The van der Waals surface area contributed by atoms with Crippen LogP contribution in [0.15, 0.2) is 29.2 Å². The number of hydrogen-bond acceptors (Lipinski definition) is 15. The molecule has 4 aliphatic rings. The molecule has 0 aromatic heterocycles. The molecule has 2 aliphatic carbocycles. The zero-order valence-corrected chi connectivity index (χ0v) is 45.6. The summed E-state index contributed by atoms with van der Waals surface area (Å²) in [4.78, 5) is 24.1. The number of carbonyl (C=O) groups excluding carboxylic acids is 2. The van der Waals surface area contributed by atoms with Crippen molar-refractivity contribution in [1.82, 2.24) is 10.6 Å². The molecule has 2 heterocycles. The van der Waals surface area contributed by atoms with Gasteiger partial charge in [-0.05, 0) is 143 Å². The number of aryl methyl sites for hydroxylation is 1. The quantitative estimate of drug-likeness (QED) is 0.151. The first-order valence-corrected chi connectivity index (χ1v) is 23.5. The fraction of sp³-hybridized carbons (Fsp3) is 0.830. The molecule has 2 saturated carbocycles. The third-order valence-corrected chi connectivity index (χ3v) is 10.7. The predicted molar refractivity (Wildman–Crippen MR) is 250 cm³/mol. The van der Waals surface area contributed by atoms with Crippen molar-refractivity contribution in [3.05, 3.63) is 29.8 Å². The molecule has 67 heavy (non-hydrogen) atoms. The van der Waals surface area contributed by atoms with Crippen LogP contribution in [0, 0.1) is 6.92 Å². The van der Waals surface area contributed by atoms with E-state index >= 15 is 0 Å². The maximum Gasteiger partial charge on any atom is 1.00 e. The average Bonchev–Trinajstić information content (AvgIpc) is 3.80. The molecule has 5 rings (SSSR count). The van der Waals surface area contributed by atoms with Gasteiger partial charge >= 0.3 is 41.7 Å². The molecular formula is C47H86FN2NaO15S. The number of hydrogen-bond donors (Lipinski definition) is 3. The summed E-state index contributed by atoms with van der Waals surface area (Å²) in [5.41, 5.74) is -0.583. The van der Waals surface area contributed by atoms with Gasteiger partial charge in [-0.2, -0.15) is 8.42 Å². The Morgan fingerprint density at radius 2 is 1.10 bits per heavy atom. The van der Waals surface area contributed by atoms with Crippen LogP contribution in [-0.4, -0.2) is 142 Å². The Labute approximate surface area is 426 Å². The standard InChI is InChI=1S/C19H35NO6.C13H23NO5.C13H20O4S.CH3F.CH4.Na.H/c1-17(2,3)23-10-9-22-13-11-12(20-16(21)26-18(4,5)6)14-15(13)25-19(7,8)24-14;1-12(2,3)19-11(16)14-7-6-8(15)10-9(7)17-13(4,5)18-10;1-11-5-7-12(8-6-11)18(14,15)17-10-9-16-13(2,3)4;1-2;;;/h12-15H,9-11H2,1-8H3,(H,20,21);7-10,15H,6H2,1-5H3,(H,14,16);5-8H,9-10H2,1-4H3;1H3;1H4;;/q;;;;;+1;-1/t12-,13+,14+,15-;7-,8+,9+,10-;;;;;/m11...../s1/i;;;1D;;;. The maximum atomic E-state index is 12.2. The summed E-state index contributed by atoms with van der Waals surface area (Å²) in [5, 5.41) is 15.6. The molecule has 4 fully saturated rings. The van der Waals surface area contributed by atoms with E-state index in [1.165, 1.54) is 12.1 Å². The van der Waals surface area contributed by atoms with Crippen LogP contribution >= 0.6 is 0 Å². The van der Waals surface area contributed by atoms with Gasteiger partial charge in [0.2, 0.25) is 0 Å². The molecule has 1 aromatic rings. The van der Waals surface area contributed by atoms with Crippen molar-refractivity contribution in [3.63, 3.8) is 0 Å². The van der Waals surface area contributed by atoms with Crippen molar-refractivity contribution in [2.24, 2.45) is 0 Å². The zero-order valence-electron chi connectivity index (χ0n) is 44.8. The third kappa shape index (κ3) is 24.3. The van der Waals surface area contributed by atoms with E-state index in [4.69, 9.17) is 48.2 Å². The summed E-state index contributed by atoms with van der Waals surface area (Å²) < 4.78 is 95.0.